The third-order valence-electron chi connectivity index (χ3n) is 4.86. The highest BCUT2D eigenvalue weighted by molar-refractivity contribution is 5.20. The van der Waals surface area contributed by atoms with Crippen molar-refractivity contribution in [1.82, 2.24) is 0 Å². The number of benzene rings is 1. The second-order valence-corrected chi connectivity index (χ2v) is 6.11. The predicted molar refractivity (Wildman–Crippen MR) is 75.0 cm³/mol. The van der Waals surface area contributed by atoms with Crippen LogP contribution in [0.2, 0.25) is 0 Å². The summed E-state index contributed by atoms with van der Waals surface area (Å²) >= 11 is 0. The smallest absolute Gasteiger partial charge is 0.119 e. The normalized spacial score (nSPS) is 33.3. The molecule has 2 bridgehead atoms. The Kier molecular flexibility index (Phi) is 3.76. The van der Waals surface area contributed by atoms with Crippen molar-refractivity contribution in [3.8, 4) is 5.75 Å². The summed E-state index contributed by atoms with van der Waals surface area (Å²) in [6, 6.07) is 10.0. The molecule has 3 heteroatoms. The average molecular weight is 262 g/mol. The van der Waals surface area contributed by atoms with E-state index in [1.54, 1.807) is 0 Å². The standard InChI is InChI=1S/C16H24NO2/c18-16-13-17(10-7-14(16)8-11-17)9-4-12-19-15-5-2-1-3-6-15/h1-3,5-6,14,16,18H,4,7-13H2/q+1. The first kappa shape index (κ1) is 12.9. The molecule has 3 aliphatic rings. The molecule has 3 heterocycles. The number of fused-ring (bicyclic) bond motifs is 3. The number of aliphatic hydroxyl groups is 1. The SMILES string of the molecule is OC1C[N+]2(CCCOc3ccccc3)CCC1CC2. The summed E-state index contributed by atoms with van der Waals surface area (Å²) in [6.45, 7) is 5.41. The van der Waals surface area contributed by atoms with Crippen LogP contribution in [0.25, 0.3) is 0 Å². The van der Waals surface area contributed by atoms with Crippen LogP contribution in [0.15, 0.2) is 30.3 Å². The molecule has 4 rings (SSSR count). The predicted octanol–water partition coefficient (Wildman–Crippen LogP) is 2.06. The van der Waals surface area contributed by atoms with Crippen LogP contribution in [0.5, 0.6) is 5.75 Å². The van der Waals surface area contributed by atoms with Gasteiger partial charge in [-0.05, 0) is 12.1 Å². The molecule has 0 aliphatic carbocycles. The summed E-state index contributed by atoms with van der Waals surface area (Å²) in [5.74, 6) is 1.54. The van der Waals surface area contributed by atoms with Gasteiger partial charge in [0.25, 0.3) is 0 Å². The quantitative estimate of drug-likeness (QED) is 0.650. The lowest BCUT2D eigenvalue weighted by Crippen LogP contribution is -2.64. The lowest BCUT2D eigenvalue weighted by Gasteiger charge is -2.51. The van der Waals surface area contributed by atoms with E-state index in [-0.39, 0.29) is 6.10 Å². The molecule has 3 fully saturated rings. The first-order valence-electron chi connectivity index (χ1n) is 7.48. The van der Waals surface area contributed by atoms with Crippen molar-refractivity contribution in [3.05, 3.63) is 30.3 Å². The summed E-state index contributed by atoms with van der Waals surface area (Å²) in [5, 5.41) is 10.1. The van der Waals surface area contributed by atoms with Gasteiger partial charge in [-0.1, -0.05) is 18.2 Å². The number of hydrogen-bond donors (Lipinski definition) is 1. The van der Waals surface area contributed by atoms with Crippen LogP contribution in [0.1, 0.15) is 19.3 Å². The Morgan fingerprint density at radius 1 is 1.16 bits per heavy atom. The monoisotopic (exact) mass is 262 g/mol. The molecule has 3 nitrogen and oxygen atoms in total. The number of hydrogen-bond acceptors (Lipinski definition) is 2. The van der Waals surface area contributed by atoms with E-state index in [2.05, 4.69) is 0 Å². The zero-order chi connectivity index (χ0) is 13.1. The van der Waals surface area contributed by atoms with Gasteiger partial charge in [0.05, 0.1) is 26.2 Å². The molecule has 1 N–H and O–H groups in total. The Labute approximate surface area is 115 Å². The minimum absolute atomic E-state index is 0.0578. The summed E-state index contributed by atoms with van der Waals surface area (Å²) in [5.41, 5.74) is 0. The van der Waals surface area contributed by atoms with Crippen molar-refractivity contribution in [2.75, 3.05) is 32.8 Å². The van der Waals surface area contributed by atoms with Gasteiger partial charge in [-0.25, -0.2) is 0 Å². The molecule has 1 unspecified atom stereocenters. The highest BCUT2D eigenvalue weighted by Gasteiger charge is 2.44. The zero-order valence-electron chi connectivity index (χ0n) is 11.5. The van der Waals surface area contributed by atoms with Crippen LogP contribution in [0.3, 0.4) is 0 Å². The fraction of sp³-hybridized carbons (Fsp3) is 0.625. The maximum atomic E-state index is 10.1. The molecular weight excluding hydrogens is 238 g/mol. The van der Waals surface area contributed by atoms with Gasteiger partial charge in [-0.2, -0.15) is 0 Å². The number of quaternary nitrogens is 1. The molecule has 104 valence electrons. The van der Waals surface area contributed by atoms with Gasteiger partial charge in [-0.3, -0.25) is 0 Å². The molecule has 0 amide bonds. The second kappa shape index (κ2) is 5.51. The lowest BCUT2D eigenvalue weighted by atomic mass is 9.83. The molecule has 0 radical (unpaired) electrons. The van der Waals surface area contributed by atoms with Crippen LogP contribution in [-0.2, 0) is 0 Å². The van der Waals surface area contributed by atoms with Gasteiger partial charge in [-0.15, -0.1) is 0 Å². The van der Waals surface area contributed by atoms with Crippen molar-refractivity contribution < 1.29 is 14.3 Å². The highest BCUT2D eigenvalue weighted by atomic mass is 16.5. The molecule has 1 atom stereocenters. The van der Waals surface area contributed by atoms with Crippen molar-refractivity contribution in [2.24, 2.45) is 5.92 Å². The third kappa shape index (κ3) is 2.93. The number of rotatable bonds is 5. The largest absolute Gasteiger partial charge is 0.493 e. The van der Waals surface area contributed by atoms with E-state index in [1.807, 2.05) is 30.3 Å². The van der Waals surface area contributed by atoms with Crippen LogP contribution in [-0.4, -0.2) is 48.5 Å². The van der Waals surface area contributed by atoms with Crippen molar-refractivity contribution in [3.63, 3.8) is 0 Å². The Bertz CT molecular complexity index is 398. The lowest BCUT2D eigenvalue weighted by molar-refractivity contribution is -0.946. The third-order valence-corrected chi connectivity index (χ3v) is 4.86. The van der Waals surface area contributed by atoms with E-state index in [1.165, 1.54) is 25.9 Å². The molecule has 1 aromatic rings. The molecule has 0 spiro atoms. The Morgan fingerprint density at radius 2 is 1.89 bits per heavy atom. The highest BCUT2D eigenvalue weighted by Crippen LogP contribution is 2.33. The van der Waals surface area contributed by atoms with Gasteiger partial charge in [0.1, 0.15) is 18.4 Å². The second-order valence-electron chi connectivity index (χ2n) is 6.11. The van der Waals surface area contributed by atoms with E-state index in [4.69, 9.17) is 4.74 Å². The summed E-state index contributed by atoms with van der Waals surface area (Å²) < 4.78 is 6.87. The van der Waals surface area contributed by atoms with Gasteiger partial charge in [0.15, 0.2) is 0 Å². The number of ether oxygens (including phenoxy) is 1. The van der Waals surface area contributed by atoms with Crippen molar-refractivity contribution in [2.45, 2.75) is 25.4 Å². The van der Waals surface area contributed by atoms with E-state index in [0.717, 1.165) is 36.3 Å². The number of piperidine rings is 3. The molecule has 19 heavy (non-hydrogen) atoms. The number of nitrogens with zero attached hydrogens (tertiary/aromatic N) is 1. The fourth-order valence-corrected chi connectivity index (χ4v) is 3.67. The number of aliphatic hydroxyl groups excluding tert-OH is 1. The number of para-hydroxylation sites is 1. The molecule has 3 aliphatic heterocycles. The van der Waals surface area contributed by atoms with Crippen LogP contribution in [0.4, 0.5) is 0 Å². The van der Waals surface area contributed by atoms with Gasteiger partial charge in [0.2, 0.25) is 0 Å². The summed E-state index contributed by atoms with van der Waals surface area (Å²) in [6.07, 6.45) is 3.44. The van der Waals surface area contributed by atoms with Crippen LogP contribution in [0, 0.1) is 5.92 Å². The van der Waals surface area contributed by atoms with Gasteiger partial charge >= 0.3 is 0 Å². The molecular formula is C16H24NO2+. The Hall–Kier alpha value is -1.06. The zero-order valence-corrected chi connectivity index (χ0v) is 11.5. The first-order valence-corrected chi connectivity index (χ1v) is 7.48. The minimum atomic E-state index is -0.0578. The topological polar surface area (TPSA) is 29.5 Å². The summed E-state index contributed by atoms with van der Waals surface area (Å²) in [4.78, 5) is 0. The average Bonchev–Trinajstić information content (AvgIpc) is 2.46. The minimum Gasteiger partial charge on any atom is -0.493 e. The van der Waals surface area contributed by atoms with Gasteiger partial charge < -0.3 is 14.3 Å². The Morgan fingerprint density at radius 3 is 2.58 bits per heavy atom. The Balaban J connectivity index is 1.45. The van der Waals surface area contributed by atoms with Crippen LogP contribution >= 0.6 is 0 Å². The molecule has 0 aromatic heterocycles. The maximum absolute atomic E-state index is 10.1. The van der Waals surface area contributed by atoms with E-state index in [9.17, 15) is 5.11 Å². The van der Waals surface area contributed by atoms with Crippen molar-refractivity contribution in [1.29, 1.82) is 0 Å². The molecule has 0 saturated carbocycles. The molecule has 1 aromatic carbocycles. The van der Waals surface area contributed by atoms with E-state index in [0.29, 0.717) is 5.92 Å². The fourth-order valence-electron chi connectivity index (χ4n) is 3.67. The summed E-state index contributed by atoms with van der Waals surface area (Å²) in [7, 11) is 0. The molecule has 3 saturated heterocycles. The first-order chi connectivity index (χ1) is 9.27. The maximum Gasteiger partial charge on any atom is 0.119 e. The van der Waals surface area contributed by atoms with E-state index < -0.39 is 0 Å². The van der Waals surface area contributed by atoms with Gasteiger partial charge in [0, 0.05) is 25.2 Å². The van der Waals surface area contributed by atoms with E-state index >= 15 is 0 Å². The van der Waals surface area contributed by atoms with Crippen molar-refractivity contribution >= 4 is 0 Å². The van der Waals surface area contributed by atoms with Crippen LogP contribution < -0.4 is 4.74 Å².